The number of thioether (sulfide) groups is 4. The van der Waals surface area contributed by atoms with Crippen LogP contribution in [-0.4, -0.2) is 57.5 Å². The van der Waals surface area contributed by atoms with Gasteiger partial charge in [0, 0.05) is 0 Å². The first-order valence-corrected chi connectivity index (χ1v) is 16.3. The van der Waals surface area contributed by atoms with E-state index in [0.717, 1.165) is 11.5 Å². The van der Waals surface area contributed by atoms with E-state index in [1.165, 1.54) is 110 Å². The van der Waals surface area contributed by atoms with Gasteiger partial charge >= 0.3 is 0 Å². The van der Waals surface area contributed by atoms with Gasteiger partial charge in [-0.25, -0.2) is 0 Å². The van der Waals surface area contributed by atoms with E-state index >= 15 is 0 Å². The van der Waals surface area contributed by atoms with Crippen molar-refractivity contribution in [3.63, 3.8) is 0 Å². The summed E-state index contributed by atoms with van der Waals surface area (Å²) in [5.74, 6) is 13.0. The highest BCUT2D eigenvalue weighted by Crippen LogP contribution is 2.15. The summed E-state index contributed by atoms with van der Waals surface area (Å²) in [6.07, 6.45) is 13.7. The summed E-state index contributed by atoms with van der Waals surface area (Å²) in [6.45, 7) is 0. The third-order valence-corrected chi connectivity index (χ3v) is 9.13. The Hall–Kier alpha value is 2.10. The molecule has 158 valence electrons. The second-order valence-corrected chi connectivity index (χ2v) is 12.2. The Balaban J connectivity index is 2.95. The molecule has 0 aromatic heterocycles. The summed E-state index contributed by atoms with van der Waals surface area (Å²) in [7, 11) is 0. The fraction of sp³-hybridized carbons (Fsp3) is 1.00. The molecule has 0 aliphatic heterocycles. The minimum absolute atomic E-state index is 1.05. The lowest BCUT2D eigenvalue weighted by Gasteiger charge is -2.04. The number of rotatable bonds is 23. The molecule has 0 saturated carbocycles. The zero-order valence-corrected chi connectivity index (χ0v) is 21.7. The predicted molar refractivity (Wildman–Crippen MR) is 143 cm³/mol. The lowest BCUT2D eigenvalue weighted by molar-refractivity contribution is 0.877. The summed E-state index contributed by atoms with van der Waals surface area (Å²) in [4.78, 5) is 0. The minimum atomic E-state index is 1.05. The predicted octanol–water partition coefficient (Wildman–Crippen LogP) is 7.68. The highest BCUT2D eigenvalue weighted by molar-refractivity contribution is 8.00. The molecule has 0 aromatic rings. The second-order valence-electron chi connectivity index (χ2n) is 6.43. The smallest absolute Gasteiger partial charge is 0.00672 e. The van der Waals surface area contributed by atoms with E-state index in [1.807, 2.05) is 0 Å². The maximum absolute atomic E-state index is 4.25. The number of hydrogen-bond acceptors (Lipinski definition) is 6. The SMILES string of the molecule is SCCCCSCCCCSCCCCSCCCCSCCCCS. The van der Waals surface area contributed by atoms with Gasteiger partial charge in [-0.1, -0.05) is 0 Å². The van der Waals surface area contributed by atoms with E-state index in [0.29, 0.717) is 0 Å². The lowest BCUT2D eigenvalue weighted by Crippen LogP contribution is -1.91. The van der Waals surface area contributed by atoms with Crippen molar-refractivity contribution in [1.82, 2.24) is 0 Å². The fourth-order valence-corrected chi connectivity index (χ4v) is 6.79. The Morgan fingerprint density at radius 2 is 0.500 bits per heavy atom. The van der Waals surface area contributed by atoms with Gasteiger partial charge in [0.25, 0.3) is 0 Å². The summed E-state index contributed by atoms with van der Waals surface area (Å²) in [5.41, 5.74) is 0. The van der Waals surface area contributed by atoms with Gasteiger partial charge in [-0.15, -0.1) is 0 Å². The molecule has 0 rings (SSSR count). The van der Waals surface area contributed by atoms with Crippen LogP contribution in [-0.2, 0) is 0 Å². The molecule has 0 N–H and O–H groups in total. The Labute approximate surface area is 192 Å². The molecular formula is C20H42S6. The molecule has 0 atom stereocenters. The molecule has 0 fully saturated rings. The lowest BCUT2D eigenvalue weighted by atomic mass is 10.4. The van der Waals surface area contributed by atoms with Crippen LogP contribution in [0.3, 0.4) is 0 Å². The summed E-state index contributed by atoms with van der Waals surface area (Å²) in [6, 6.07) is 0. The van der Waals surface area contributed by atoms with Crippen molar-refractivity contribution in [2.45, 2.75) is 64.2 Å². The van der Waals surface area contributed by atoms with Crippen LogP contribution < -0.4 is 0 Å². The van der Waals surface area contributed by atoms with Crippen molar-refractivity contribution in [3.05, 3.63) is 0 Å². The zero-order chi connectivity index (χ0) is 19.0. The van der Waals surface area contributed by atoms with Crippen molar-refractivity contribution >= 4 is 72.3 Å². The van der Waals surface area contributed by atoms with Crippen LogP contribution in [0.4, 0.5) is 0 Å². The van der Waals surface area contributed by atoms with E-state index in [4.69, 9.17) is 0 Å². The molecule has 0 unspecified atom stereocenters. The molecule has 6 heteroatoms. The molecule has 0 aromatic carbocycles. The average molecular weight is 475 g/mol. The normalized spacial score (nSPS) is 11.3. The van der Waals surface area contributed by atoms with Crippen molar-refractivity contribution in [2.75, 3.05) is 57.5 Å². The third kappa shape index (κ3) is 26.1. The standard InChI is InChI=1S/C20H42S6/c21-11-1-3-13-23-15-5-7-17-25-19-9-10-20-26-18-8-6-16-24-14-4-2-12-22/h21-22H,1-20H2. The Morgan fingerprint density at radius 3 is 0.692 bits per heavy atom. The van der Waals surface area contributed by atoms with E-state index in [2.05, 4.69) is 72.3 Å². The quantitative estimate of drug-likeness (QED) is 0.115. The van der Waals surface area contributed by atoms with Gasteiger partial charge in [0.2, 0.25) is 0 Å². The molecule has 0 aliphatic rings. The molecule has 0 nitrogen and oxygen atoms in total. The second kappa shape index (κ2) is 27.1. The van der Waals surface area contributed by atoms with Gasteiger partial charge in [-0.3, -0.25) is 0 Å². The number of hydrogen-bond donors (Lipinski definition) is 2. The molecule has 0 aliphatic carbocycles. The topological polar surface area (TPSA) is 0 Å². The molecule has 0 spiro atoms. The first kappa shape index (κ1) is 28.1. The van der Waals surface area contributed by atoms with Crippen LogP contribution in [0.15, 0.2) is 0 Å². The van der Waals surface area contributed by atoms with E-state index in [9.17, 15) is 0 Å². The first-order chi connectivity index (χ1) is 12.9. The van der Waals surface area contributed by atoms with Crippen molar-refractivity contribution in [2.24, 2.45) is 0 Å². The first-order valence-electron chi connectivity index (χ1n) is 10.4. The average Bonchev–Trinajstić information content (AvgIpc) is 2.66. The fourth-order valence-electron chi connectivity index (χ4n) is 2.26. The van der Waals surface area contributed by atoms with Gasteiger partial charge in [0.05, 0.1) is 0 Å². The van der Waals surface area contributed by atoms with Gasteiger partial charge < -0.3 is 0 Å². The molecule has 0 amide bonds. The van der Waals surface area contributed by atoms with Gasteiger partial charge in [-0.2, -0.15) is 72.3 Å². The Morgan fingerprint density at radius 1 is 0.308 bits per heavy atom. The maximum Gasteiger partial charge on any atom is -0.00672 e. The molecule has 26 heavy (non-hydrogen) atoms. The van der Waals surface area contributed by atoms with Crippen molar-refractivity contribution in [3.8, 4) is 0 Å². The minimum Gasteiger partial charge on any atom is -0.179 e. The molecular weight excluding hydrogens is 433 g/mol. The third-order valence-electron chi connectivity index (χ3n) is 3.88. The largest absolute Gasteiger partial charge is 0.179 e. The molecule has 0 saturated heterocycles. The van der Waals surface area contributed by atoms with E-state index in [1.54, 1.807) is 0 Å². The van der Waals surface area contributed by atoms with Gasteiger partial charge in [0.1, 0.15) is 0 Å². The monoisotopic (exact) mass is 474 g/mol. The van der Waals surface area contributed by atoms with E-state index in [-0.39, 0.29) is 0 Å². The highest BCUT2D eigenvalue weighted by Gasteiger charge is 1.95. The molecule has 0 bridgehead atoms. The zero-order valence-electron chi connectivity index (χ0n) is 16.7. The molecule has 0 radical (unpaired) electrons. The Kier molecular flexibility index (Phi) is 29.3. The van der Waals surface area contributed by atoms with Crippen LogP contribution >= 0.6 is 72.3 Å². The van der Waals surface area contributed by atoms with Crippen LogP contribution in [0.5, 0.6) is 0 Å². The van der Waals surface area contributed by atoms with Crippen molar-refractivity contribution < 1.29 is 0 Å². The van der Waals surface area contributed by atoms with Crippen LogP contribution in [0, 0.1) is 0 Å². The van der Waals surface area contributed by atoms with E-state index < -0.39 is 0 Å². The summed E-state index contributed by atoms with van der Waals surface area (Å²) >= 11 is 17.1. The Bertz CT molecular complexity index is 216. The van der Waals surface area contributed by atoms with Crippen LogP contribution in [0.2, 0.25) is 0 Å². The maximum atomic E-state index is 4.25. The van der Waals surface area contributed by atoms with Crippen LogP contribution in [0.25, 0.3) is 0 Å². The van der Waals surface area contributed by atoms with Crippen LogP contribution in [0.1, 0.15) is 64.2 Å². The van der Waals surface area contributed by atoms with Gasteiger partial charge in [0.15, 0.2) is 0 Å². The molecule has 0 heterocycles. The highest BCUT2D eigenvalue weighted by atomic mass is 32.2. The number of thiol groups is 2. The van der Waals surface area contributed by atoms with Crippen molar-refractivity contribution in [1.29, 1.82) is 0 Å². The summed E-state index contributed by atoms with van der Waals surface area (Å²) in [5, 5.41) is 0. The number of unbranched alkanes of at least 4 members (excludes halogenated alkanes) is 5. The summed E-state index contributed by atoms with van der Waals surface area (Å²) < 4.78 is 0. The van der Waals surface area contributed by atoms with Gasteiger partial charge in [-0.05, 0) is 122 Å².